The maximum Gasteiger partial charge on any atom is 0.408 e. The van der Waals surface area contributed by atoms with Crippen molar-refractivity contribution < 1.29 is 29.0 Å². The van der Waals surface area contributed by atoms with Crippen LogP contribution < -0.4 is 10.6 Å². The number of benzene rings is 2. The quantitative estimate of drug-likeness (QED) is 0.550. The third-order valence-corrected chi connectivity index (χ3v) is 6.81. The molecule has 2 aliphatic rings. The standard InChI is InChI=1S/C26H30N2O6/c1-26(15-33-2,24(31)27-22-13-7-12-20(22)23(29)30)28-25(32)34-14-21-18-10-5-3-8-16(18)17-9-4-6-11-19(17)21/h3-6,8-11,20-22H,7,12-15H2,1-2H3,(H,27,31)(H,28,32)(H,29,30)/t20-,22+,26?/m1/s1. The highest BCUT2D eigenvalue weighted by Gasteiger charge is 2.41. The topological polar surface area (TPSA) is 114 Å². The lowest BCUT2D eigenvalue weighted by molar-refractivity contribution is -0.142. The molecule has 2 aliphatic carbocycles. The van der Waals surface area contributed by atoms with Gasteiger partial charge in [0.1, 0.15) is 12.1 Å². The Bertz CT molecular complexity index is 1040. The Labute approximate surface area is 198 Å². The lowest BCUT2D eigenvalue weighted by atomic mass is 9.98. The Morgan fingerprint density at radius 3 is 2.24 bits per heavy atom. The number of methoxy groups -OCH3 is 1. The molecule has 0 aliphatic heterocycles. The first-order valence-electron chi connectivity index (χ1n) is 11.5. The minimum absolute atomic E-state index is 0.0898. The van der Waals surface area contributed by atoms with E-state index in [0.717, 1.165) is 28.7 Å². The van der Waals surface area contributed by atoms with Gasteiger partial charge in [0.05, 0.1) is 12.5 Å². The Kier molecular flexibility index (Phi) is 6.88. The van der Waals surface area contributed by atoms with E-state index >= 15 is 0 Å². The summed E-state index contributed by atoms with van der Waals surface area (Å²) in [6.45, 7) is 1.57. The molecule has 1 fully saturated rings. The number of carbonyl (C=O) groups excluding carboxylic acids is 2. The van der Waals surface area contributed by atoms with Crippen molar-refractivity contribution in [3.05, 3.63) is 59.7 Å². The molecule has 180 valence electrons. The summed E-state index contributed by atoms with van der Waals surface area (Å²) in [5.74, 6) is -2.16. The zero-order chi connectivity index (χ0) is 24.3. The van der Waals surface area contributed by atoms with Crippen molar-refractivity contribution in [3.63, 3.8) is 0 Å². The van der Waals surface area contributed by atoms with Gasteiger partial charge in [0, 0.05) is 19.1 Å². The van der Waals surface area contributed by atoms with Gasteiger partial charge >= 0.3 is 12.1 Å². The van der Waals surface area contributed by atoms with Gasteiger partial charge in [0.15, 0.2) is 0 Å². The summed E-state index contributed by atoms with van der Waals surface area (Å²) in [7, 11) is 1.43. The maximum absolute atomic E-state index is 13.0. The van der Waals surface area contributed by atoms with Gasteiger partial charge in [0.2, 0.25) is 5.91 Å². The number of rotatable bonds is 8. The molecule has 1 unspecified atom stereocenters. The van der Waals surface area contributed by atoms with Crippen LogP contribution in [0.15, 0.2) is 48.5 Å². The Hall–Kier alpha value is -3.39. The summed E-state index contributed by atoms with van der Waals surface area (Å²) < 4.78 is 10.8. The van der Waals surface area contributed by atoms with E-state index in [4.69, 9.17) is 9.47 Å². The zero-order valence-electron chi connectivity index (χ0n) is 19.4. The SMILES string of the molecule is COCC(C)(NC(=O)OCC1c2ccccc2-c2ccccc21)C(=O)N[C@H]1CCC[C@H]1C(=O)O. The van der Waals surface area contributed by atoms with Crippen molar-refractivity contribution in [3.8, 4) is 11.1 Å². The van der Waals surface area contributed by atoms with Crippen LogP contribution in [-0.4, -0.2) is 55.0 Å². The van der Waals surface area contributed by atoms with Crippen molar-refractivity contribution in [1.82, 2.24) is 10.6 Å². The molecule has 2 aromatic carbocycles. The van der Waals surface area contributed by atoms with Crippen molar-refractivity contribution in [2.75, 3.05) is 20.3 Å². The molecule has 1 saturated carbocycles. The number of carboxylic acid groups (broad SMARTS) is 1. The highest BCUT2D eigenvalue weighted by molar-refractivity contribution is 5.90. The van der Waals surface area contributed by atoms with Crippen LogP contribution in [0.5, 0.6) is 0 Å². The average molecular weight is 467 g/mol. The minimum atomic E-state index is -1.41. The van der Waals surface area contributed by atoms with E-state index in [-0.39, 0.29) is 19.1 Å². The van der Waals surface area contributed by atoms with Gasteiger partial charge in [-0.05, 0) is 42.0 Å². The molecule has 0 spiro atoms. The molecule has 0 saturated heterocycles. The van der Waals surface area contributed by atoms with Crippen LogP contribution in [0.2, 0.25) is 0 Å². The third-order valence-electron chi connectivity index (χ3n) is 6.81. The average Bonchev–Trinajstić information content (AvgIpc) is 3.40. The first-order chi connectivity index (χ1) is 16.3. The third kappa shape index (κ3) is 4.63. The number of amides is 2. The summed E-state index contributed by atoms with van der Waals surface area (Å²) in [6.07, 6.45) is 1.08. The molecule has 3 atom stereocenters. The van der Waals surface area contributed by atoms with Crippen LogP contribution in [0, 0.1) is 5.92 Å². The number of hydrogen-bond donors (Lipinski definition) is 3. The van der Waals surface area contributed by atoms with Gasteiger partial charge in [-0.3, -0.25) is 9.59 Å². The fourth-order valence-corrected chi connectivity index (χ4v) is 5.06. The number of hydrogen-bond acceptors (Lipinski definition) is 5. The van der Waals surface area contributed by atoms with E-state index < -0.39 is 35.5 Å². The van der Waals surface area contributed by atoms with Crippen LogP contribution in [-0.2, 0) is 19.1 Å². The highest BCUT2D eigenvalue weighted by atomic mass is 16.5. The van der Waals surface area contributed by atoms with Crippen molar-refractivity contribution >= 4 is 18.0 Å². The van der Waals surface area contributed by atoms with Gasteiger partial charge in [-0.2, -0.15) is 0 Å². The predicted molar refractivity (Wildman–Crippen MR) is 125 cm³/mol. The second-order valence-corrected chi connectivity index (χ2v) is 9.17. The van der Waals surface area contributed by atoms with Gasteiger partial charge in [-0.1, -0.05) is 55.0 Å². The fraction of sp³-hybridized carbons (Fsp3) is 0.423. The largest absolute Gasteiger partial charge is 0.481 e. The number of carboxylic acids is 1. The van der Waals surface area contributed by atoms with Gasteiger partial charge in [0.25, 0.3) is 0 Å². The van der Waals surface area contributed by atoms with Crippen molar-refractivity contribution in [2.24, 2.45) is 5.92 Å². The van der Waals surface area contributed by atoms with Crippen LogP contribution in [0.25, 0.3) is 11.1 Å². The summed E-state index contributed by atoms with van der Waals surface area (Å²) >= 11 is 0. The molecule has 8 heteroatoms. The second-order valence-electron chi connectivity index (χ2n) is 9.17. The predicted octanol–water partition coefficient (Wildman–Crippen LogP) is 3.30. The molecule has 8 nitrogen and oxygen atoms in total. The molecule has 0 radical (unpaired) electrons. The second kappa shape index (κ2) is 9.85. The van der Waals surface area contributed by atoms with Crippen molar-refractivity contribution in [1.29, 1.82) is 0 Å². The number of alkyl carbamates (subject to hydrolysis) is 1. The Balaban J connectivity index is 1.42. The monoisotopic (exact) mass is 466 g/mol. The zero-order valence-corrected chi connectivity index (χ0v) is 19.4. The first-order valence-corrected chi connectivity index (χ1v) is 11.5. The lowest BCUT2D eigenvalue weighted by Gasteiger charge is -2.31. The van der Waals surface area contributed by atoms with Gasteiger partial charge < -0.3 is 25.2 Å². The molecular formula is C26H30N2O6. The maximum atomic E-state index is 13.0. The summed E-state index contributed by atoms with van der Waals surface area (Å²) in [5, 5.41) is 14.8. The molecule has 2 amide bonds. The van der Waals surface area contributed by atoms with E-state index in [9.17, 15) is 19.5 Å². The van der Waals surface area contributed by atoms with Crippen LogP contribution in [0.1, 0.15) is 43.2 Å². The molecule has 4 rings (SSSR count). The number of fused-ring (bicyclic) bond motifs is 3. The highest BCUT2D eigenvalue weighted by Crippen LogP contribution is 2.44. The van der Waals surface area contributed by atoms with Gasteiger partial charge in [-0.15, -0.1) is 0 Å². The van der Waals surface area contributed by atoms with E-state index in [1.165, 1.54) is 14.0 Å². The first kappa shape index (κ1) is 23.8. The summed E-state index contributed by atoms with van der Waals surface area (Å²) in [6, 6.07) is 15.6. The Morgan fingerprint density at radius 1 is 1.03 bits per heavy atom. The number of aliphatic carboxylic acids is 1. The fourth-order valence-electron chi connectivity index (χ4n) is 5.06. The molecule has 34 heavy (non-hydrogen) atoms. The molecular weight excluding hydrogens is 436 g/mol. The minimum Gasteiger partial charge on any atom is -0.481 e. The number of carbonyl (C=O) groups is 3. The number of nitrogens with one attached hydrogen (secondary N) is 2. The smallest absolute Gasteiger partial charge is 0.408 e. The summed E-state index contributed by atoms with van der Waals surface area (Å²) in [5.41, 5.74) is 3.02. The van der Waals surface area contributed by atoms with E-state index in [1.54, 1.807) is 0 Å². The molecule has 0 bridgehead atoms. The van der Waals surface area contributed by atoms with E-state index in [0.29, 0.717) is 12.8 Å². The van der Waals surface area contributed by atoms with Crippen LogP contribution in [0.4, 0.5) is 4.79 Å². The Morgan fingerprint density at radius 2 is 1.65 bits per heavy atom. The lowest BCUT2D eigenvalue weighted by Crippen LogP contribution is -2.61. The molecule has 2 aromatic rings. The van der Waals surface area contributed by atoms with E-state index in [1.807, 2.05) is 36.4 Å². The summed E-state index contributed by atoms with van der Waals surface area (Å²) in [4.78, 5) is 37.3. The molecule has 3 N–H and O–H groups in total. The van der Waals surface area contributed by atoms with Crippen LogP contribution >= 0.6 is 0 Å². The number of ether oxygens (including phenoxy) is 2. The normalized spacial score (nSPS) is 20.6. The molecule has 0 aromatic heterocycles. The van der Waals surface area contributed by atoms with Crippen molar-refractivity contribution in [2.45, 2.75) is 43.7 Å². The van der Waals surface area contributed by atoms with Crippen LogP contribution in [0.3, 0.4) is 0 Å². The van der Waals surface area contributed by atoms with E-state index in [2.05, 4.69) is 22.8 Å². The van der Waals surface area contributed by atoms with Gasteiger partial charge in [-0.25, -0.2) is 4.79 Å². The molecule has 0 heterocycles.